The van der Waals surface area contributed by atoms with E-state index in [9.17, 15) is 13.2 Å². The number of hydrogen-bond acceptors (Lipinski definition) is 2. The number of nitrogens with one attached hydrogen (secondary N) is 1. The molecule has 0 saturated carbocycles. The van der Waals surface area contributed by atoms with Crippen LogP contribution in [-0.4, -0.2) is 6.04 Å². The lowest BCUT2D eigenvalue weighted by Gasteiger charge is -2.24. The van der Waals surface area contributed by atoms with Gasteiger partial charge in [-0.15, -0.1) is 0 Å². The van der Waals surface area contributed by atoms with E-state index >= 15 is 0 Å². The Morgan fingerprint density at radius 1 is 1.25 bits per heavy atom. The lowest BCUT2D eigenvalue weighted by molar-refractivity contribution is -0.137. The molecule has 1 atom stereocenters. The molecule has 1 aromatic carbocycles. The maximum Gasteiger partial charge on any atom is 0.416 e. The van der Waals surface area contributed by atoms with Gasteiger partial charge in [-0.25, -0.2) is 0 Å². The number of rotatable bonds is 5. The van der Waals surface area contributed by atoms with Crippen LogP contribution < -0.4 is 5.32 Å². The number of alkyl halides is 3. The van der Waals surface area contributed by atoms with Gasteiger partial charge in [0, 0.05) is 6.04 Å². The predicted molar refractivity (Wildman–Crippen MR) is 73.3 cm³/mol. The Hall–Kier alpha value is -1.70. The fourth-order valence-corrected chi connectivity index (χ4v) is 2.30. The maximum atomic E-state index is 12.6. The molecule has 0 aliphatic carbocycles. The molecule has 1 N–H and O–H groups in total. The normalized spacial score (nSPS) is 13.1. The van der Waals surface area contributed by atoms with Crippen LogP contribution >= 0.6 is 0 Å². The van der Waals surface area contributed by atoms with Crippen LogP contribution in [-0.2, 0) is 6.18 Å². The molecule has 110 valence electrons. The zero-order chi connectivity index (χ0) is 15.3. The topological polar surface area (TPSA) is 35.8 Å². The lowest BCUT2D eigenvalue weighted by atomic mass is 9.95. The van der Waals surface area contributed by atoms with Gasteiger partial charge in [-0.1, -0.05) is 26.7 Å². The molecule has 5 heteroatoms. The fourth-order valence-electron chi connectivity index (χ4n) is 2.30. The standard InChI is InChI=1S/C15H19F3N2/c1-4-11(5-2)10(3)20-14-7-6-13(15(16,17)18)8-12(14)9-19/h6-8,10-11,20H,4-5H2,1-3H3. The average Bonchev–Trinajstić information content (AvgIpc) is 2.39. The molecule has 0 fully saturated rings. The highest BCUT2D eigenvalue weighted by Gasteiger charge is 2.31. The first-order valence-corrected chi connectivity index (χ1v) is 6.71. The summed E-state index contributed by atoms with van der Waals surface area (Å²) in [6, 6.07) is 5.16. The Balaban J connectivity index is 3.00. The minimum Gasteiger partial charge on any atom is -0.381 e. The molecular weight excluding hydrogens is 265 g/mol. The Morgan fingerprint density at radius 2 is 1.85 bits per heavy atom. The summed E-state index contributed by atoms with van der Waals surface area (Å²) >= 11 is 0. The van der Waals surface area contributed by atoms with Crippen LogP contribution in [0.15, 0.2) is 18.2 Å². The molecule has 0 aliphatic heterocycles. The Labute approximate surface area is 117 Å². The van der Waals surface area contributed by atoms with Crippen molar-refractivity contribution in [3.05, 3.63) is 29.3 Å². The highest BCUT2D eigenvalue weighted by Crippen LogP contribution is 2.32. The van der Waals surface area contributed by atoms with Crippen LogP contribution in [0.1, 0.15) is 44.7 Å². The molecule has 0 bridgehead atoms. The first-order chi connectivity index (χ1) is 9.33. The van der Waals surface area contributed by atoms with Crippen molar-refractivity contribution in [2.45, 2.75) is 45.8 Å². The molecule has 0 spiro atoms. The summed E-state index contributed by atoms with van der Waals surface area (Å²) in [6.07, 6.45) is -2.47. The number of halogens is 3. The summed E-state index contributed by atoms with van der Waals surface area (Å²) in [7, 11) is 0. The van der Waals surface area contributed by atoms with Crippen molar-refractivity contribution < 1.29 is 13.2 Å². The van der Waals surface area contributed by atoms with Crippen molar-refractivity contribution in [3.63, 3.8) is 0 Å². The molecule has 0 aliphatic rings. The second kappa shape index (κ2) is 6.65. The number of benzene rings is 1. The molecule has 0 saturated heterocycles. The van der Waals surface area contributed by atoms with Gasteiger partial charge in [0.05, 0.1) is 16.8 Å². The SMILES string of the molecule is CCC(CC)C(C)Nc1ccc(C(F)(F)F)cc1C#N. The van der Waals surface area contributed by atoms with E-state index in [1.807, 2.05) is 13.0 Å². The summed E-state index contributed by atoms with van der Waals surface area (Å²) in [5, 5.41) is 12.2. The first kappa shape index (κ1) is 16.4. The summed E-state index contributed by atoms with van der Waals surface area (Å²) in [5.74, 6) is 0.420. The Morgan fingerprint density at radius 3 is 2.30 bits per heavy atom. The van der Waals surface area contributed by atoms with Crippen LogP contribution in [0.3, 0.4) is 0 Å². The van der Waals surface area contributed by atoms with Crippen LogP contribution in [0.2, 0.25) is 0 Å². The van der Waals surface area contributed by atoms with Gasteiger partial charge in [-0.2, -0.15) is 18.4 Å². The molecule has 0 aromatic heterocycles. The van der Waals surface area contributed by atoms with E-state index in [1.54, 1.807) is 0 Å². The number of anilines is 1. The van der Waals surface area contributed by atoms with E-state index in [1.165, 1.54) is 6.07 Å². The van der Waals surface area contributed by atoms with Gasteiger partial charge in [-0.05, 0) is 31.0 Å². The van der Waals surface area contributed by atoms with Crippen LogP contribution in [0.25, 0.3) is 0 Å². The van der Waals surface area contributed by atoms with Crippen molar-refractivity contribution in [1.29, 1.82) is 5.26 Å². The van der Waals surface area contributed by atoms with E-state index in [-0.39, 0.29) is 11.6 Å². The molecule has 20 heavy (non-hydrogen) atoms. The van der Waals surface area contributed by atoms with E-state index in [0.717, 1.165) is 25.0 Å². The van der Waals surface area contributed by atoms with Crippen molar-refractivity contribution in [2.24, 2.45) is 5.92 Å². The number of nitriles is 1. The summed E-state index contributed by atoms with van der Waals surface area (Å²) in [4.78, 5) is 0. The smallest absolute Gasteiger partial charge is 0.381 e. The average molecular weight is 284 g/mol. The minimum atomic E-state index is -4.43. The first-order valence-electron chi connectivity index (χ1n) is 6.71. The van der Waals surface area contributed by atoms with Gasteiger partial charge < -0.3 is 5.32 Å². The molecule has 1 aromatic rings. The second-order valence-electron chi connectivity index (χ2n) is 4.88. The predicted octanol–water partition coefficient (Wildman–Crippen LogP) is 4.81. The quantitative estimate of drug-likeness (QED) is 0.842. The van der Waals surface area contributed by atoms with E-state index in [2.05, 4.69) is 19.2 Å². The van der Waals surface area contributed by atoms with Crippen LogP contribution in [0.5, 0.6) is 0 Å². The third-order valence-electron chi connectivity index (χ3n) is 3.61. The van der Waals surface area contributed by atoms with Gasteiger partial charge in [0.2, 0.25) is 0 Å². The van der Waals surface area contributed by atoms with Gasteiger partial charge in [-0.3, -0.25) is 0 Å². The lowest BCUT2D eigenvalue weighted by Crippen LogP contribution is -2.25. The number of nitrogens with zero attached hydrogens (tertiary/aromatic N) is 1. The van der Waals surface area contributed by atoms with E-state index < -0.39 is 11.7 Å². The molecule has 0 heterocycles. The summed E-state index contributed by atoms with van der Waals surface area (Å²) in [6.45, 7) is 6.13. The summed E-state index contributed by atoms with van der Waals surface area (Å²) in [5.41, 5.74) is -0.313. The third kappa shape index (κ3) is 3.89. The van der Waals surface area contributed by atoms with Crippen molar-refractivity contribution in [2.75, 3.05) is 5.32 Å². The molecule has 0 radical (unpaired) electrons. The van der Waals surface area contributed by atoms with Crippen LogP contribution in [0.4, 0.5) is 18.9 Å². The zero-order valence-electron chi connectivity index (χ0n) is 11.9. The van der Waals surface area contributed by atoms with Crippen molar-refractivity contribution >= 4 is 5.69 Å². The minimum absolute atomic E-state index is 0.0256. The van der Waals surface area contributed by atoms with Gasteiger partial charge >= 0.3 is 6.18 Å². The monoisotopic (exact) mass is 284 g/mol. The number of hydrogen-bond donors (Lipinski definition) is 1. The van der Waals surface area contributed by atoms with Crippen molar-refractivity contribution in [1.82, 2.24) is 0 Å². The van der Waals surface area contributed by atoms with Crippen LogP contribution in [0, 0.1) is 17.2 Å². The van der Waals surface area contributed by atoms with Crippen molar-refractivity contribution in [3.8, 4) is 6.07 Å². The zero-order valence-corrected chi connectivity index (χ0v) is 11.9. The largest absolute Gasteiger partial charge is 0.416 e. The van der Waals surface area contributed by atoms with Gasteiger partial charge in [0.25, 0.3) is 0 Å². The Kier molecular flexibility index (Phi) is 5.43. The fraction of sp³-hybridized carbons (Fsp3) is 0.533. The van der Waals surface area contributed by atoms with Gasteiger partial charge in [0.15, 0.2) is 0 Å². The van der Waals surface area contributed by atoms with E-state index in [0.29, 0.717) is 11.6 Å². The molecule has 1 unspecified atom stereocenters. The highest BCUT2D eigenvalue weighted by atomic mass is 19.4. The summed E-state index contributed by atoms with van der Waals surface area (Å²) < 4.78 is 37.8. The third-order valence-corrected chi connectivity index (χ3v) is 3.61. The Bertz CT molecular complexity index is 485. The molecule has 2 nitrogen and oxygen atoms in total. The highest BCUT2D eigenvalue weighted by molar-refractivity contribution is 5.59. The molecule has 1 rings (SSSR count). The molecular formula is C15H19F3N2. The second-order valence-corrected chi connectivity index (χ2v) is 4.88. The van der Waals surface area contributed by atoms with E-state index in [4.69, 9.17) is 5.26 Å². The molecule has 0 amide bonds. The maximum absolute atomic E-state index is 12.6. The van der Waals surface area contributed by atoms with Gasteiger partial charge in [0.1, 0.15) is 6.07 Å².